The van der Waals surface area contributed by atoms with Crippen LogP contribution in [0.5, 0.6) is 0 Å². The maximum absolute atomic E-state index is 6.94. The predicted molar refractivity (Wildman–Crippen MR) is 71.0 cm³/mol. The minimum absolute atomic E-state index is 0. The molecule has 0 aromatic heterocycles. The summed E-state index contributed by atoms with van der Waals surface area (Å²) in [6.45, 7) is 1.77. The van der Waals surface area contributed by atoms with E-state index < -0.39 is 0 Å². The lowest BCUT2D eigenvalue weighted by Crippen LogP contribution is -2.26. The van der Waals surface area contributed by atoms with E-state index in [1.165, 1.54) is 0 Å². The maximum Gasteiger partial charge on any atom is 0.206 e. The Hall–Kier alpha value is -0.970. The van der Waals surface area contributed by atoms with Crippen molar-refractivity contribution in [3.63, 3.8) is 0 Å². The number of rotatable bonds is 2. The molecule has 1 aromatic rings. The molecule has 0 heterocycles. The number of guanidine groups is 1. The summed E-state index contributed by atoms with van der Waals surface area (Å²) in [5, 5.41) is 11.8. The largest absolute Gasteiger partial charge is 0.369 e. The number of nitrogens with two attached hydrogens (primary N) is 1. The number of nitrogens with zero attached hydrogens (tertiary/aromatic N) is 1. The molecule has 0 amide bonds. The van der Waals surface area contributed by atoms with Crippen LogP contribution in [0.2, 0.25) is 10.0 Å². The average molecular weight is 282 g/mol. The number of hydrogen-bond acceptors (Lipinski definition) is 2. The standard InChI is InChI=1S/C9H10Cl2N4.ClH/c1-5(14-15-9(12)13)6-2-3-7(10)8(11)4-6;/h2-4H,1H3,(H4,12,13,15);1H/b14-5+;. The van der Waals surface area contributed by atoms with Gasteiger partial charge in [0, 0.05) is 0 Å². The minimum Gasteiger partial charge on any atom is -0.369 e. The van der Waals surface area contributed by atoms with Gasteiger partial charge in [-0.25, -0.2) is 5.43 Å². The summed E-state index contributed by atoms with van der Waals surface area (Å²) in [7, 11) is 0. The van der Waals surface area contributed by atoms with Gasteiger partial charge >= 0.3 is 0 Å². The second-order valence-electron chi connectivity index (χ2n) is 2.85. The highest BCUT2D eigenvalue weighted by Crippen LogP contribution is 2.22. The Morgan fingerprint density at radius 2 is 2.00 bits per heavy atom. The van der Waals surface area contributed by atoms with Crippen molar-refractivity contribution < 1.29 is 0 Å². The number of benzene rings is 1. The molecule has 7 heteroatoms. The van der Waals surface area contributed by atoms with Crippen LogP contribution in [0.3, 0.4) is 0 Å². The fourth-order valence-corrected chi connectivity index (χ4v) is 1.23. The number of halogens is 3. The number of hydrazone groups is 1. The van der Waals surface area contributed by atoms with Gasteiger partial charge in [0.15, 0.2) is 0 Å². The fourth-order valence-electron chi connectivity index (χ4n) is 0.930. The summed E-state index contributed by atoms with van der Waals surface area (Å²) in [5.41, 5.74) is 8.93. The molecule has 0 aliphatic carbocycles. The zero-order chi connectivity index (χ0) is 11.4. The van der Waals surface area contributed by atoms with Crippen molar-refractivity contribution in [3.8, 4) is 0 Å². The Morgan fingerprint density at radius 1 is 1.38 bits per heavy atom. The highest BCUT2D eigenvalue weighted by molar-refractivity contribution is 6.42. The quantitative estimate of drug-likeness (QED) is 0.443. The van der Waals surface area contributed by atoms with E-state index >= 15 is 0 Å². The van der Waals surface area contributed by atoms with Crippen molar-refractivity contribution in [3.05, 3.63) is 33.8 Å². The van der Waals surface area contributed by atoms with Gasteiger partial charge in [0.1, 0.15) is 0 Å². The van der Waals surface area contributed by atoms with Crippen LogP contribution in [-0.2, 0) is 0 Å². The molecular formula is C9H11Cl3N4. The van der Waals surface area contributed by atoms with Crippen LogP contribution in [0.15, 0.2) is 23.3 Å². The van der Waals surface area contributed by atoms with Crippen molar-refractivity contribution in [1.82, 2.24) is 5.43 Å². The van der Waals surface area contributed by atoms with E-state index in [1.54, 1.807) is 25.1 Å². The SMILES string of the molecule is C/C(=N\NC(=N)N)c1ccc(Cl)c(Cl)c1.Cl. The highest BCUT2D eigenvalue weighted by atomic mass is 35.5. The van der Waals surface area contributed by atoms with Gasteiger partial charge in [-0.1, -0.05) is 29.3 Å². The van der Waals surface area contributed by atoms with Gasteiger partial charge in [0.05, 0.1) is 15.8 Å². The van der Waals surface area contributed by atoms with Gasteiger partial charge in [-0.15, -0.1) is 12.4 Å². The van der Waals surface area contributed by atoms with Gasteiger partial charge in [-0.3, -0.25) is 5.41 Å². The zero-order valence-corrected chi connectivity index (χ0v) is 10.7. The molecule has 0 saturated carbocycles. The molecule has 0 fully saturated rings. The monoisotopic (exact) mass is 280 g/mol. The van der Waals surface area contributed by atoms with Crippen molar-refractivity contribution >= 4 is 47.3 Å². The first-order chi connectivity index (χ1) is 7.00. The lowest BCUT2D eigenvalue weighted by atomic mass is 10.1. The van der Waals surface area contributed by atoms with Crippen LogP contribution in [0.1, 0.15) is 12.5 Å². The normalized spacial score (nSPS) is 10.6. The fraction of sp³-hybridized carbons (Fsp3) is 0.111. The van der Waals surface area contributed by atoms with E-state index in [2.05, 4.69) is 10.5 Å². The van der Waals surface area contributed by atoms with Crippen LogP contribution in [0.25, 0.3) is 0 Å². The summed E-state index contributed by atoms with van der Waals surface area (Å²) < 4.78 is 0. The third-order valence-corrected chi connectivity index (χ3v) is 2.42. The van der Waals surface area contributed by atoms with Gasteiger partial charge in [-0.05, 0) is 24.6 Å². The molecule has 0 bridgehead atoms. The highest BCUT2D eigenvalue weighted by Gasteiger charge is 2.02. The van der Waals surface area contributed by atoms with Crippen LogP contribution in [0, 0.1) is 5.41 Å². The molecule has 0 aliphatic heterocycles. The van der Waals surface area contributed by atoms with E-state index in [0.29, 0.717) is 15.8 Å². The molecule has 4 N–H and O–H groups in total. The summed E-state index contributed by atoms with van der Waals surface area (Å²) in [6.07, 6.45) is 0. The molecule has 0 aliphatic rings. The molecule has 0 atom stereocenters. The molecule has 0 spiro atoms. The molecular weight excluding hydrogens is 270 g/mol. The Labute approximate surface area is 110 Å². The van der Waals surface area contributed by atoms with E-state index in [1.807, 2.05) is 0 Å². The van der Waals surface area contributed by atoms with Crippen molar-refractivity contribution in [1.29, 1.82) is 5.41 Å². The third-order valence-electron chi connectivity index (χ3n) is 1.68. The molecule has 4 nitrogen and oxygen atoms in total. The van der Waals surface area contributed by atoms with E-state index in [-0.39, 0.29) is 18.4 Å². The van der Waals surface area contributed by atoms with Gasteiger partial charge < -0.3 is 5.73 Å². The van der Waals surface area contributed by atoms with Gasteiger partial charge in [0.25, 0.3) is 0 Å². The minimum atomic E-state index is -0.214. The lowest BCUT2D eigenvalue weighted by Gasteiger charge is -2.03. The first-order valence-electron chi connectivity index (χ1n) is 4.10. The summed E-state index contributed by atoms with van der Waals surface area (Å²) in [6, 6.07) is 5.17. The topological polar surface area (TPSA) is 74.3 Å². The number of nitrogens with one attached hydrogen (secondary N) is 2. The van der Waals surface area contributed by atoms with Crippen LogP contribution in [0.4, 0.5) is 0 Å². The zero-order valence-electron chi connectivity index (χ0n) is 8.42. The molecule has 1 aromatic carbocycles. The first-order valence-corrected chi connectivity index (χ1v) is 4.86. The Morgan fingerprint density at radius 3 is 2.50 bits per heavy atom. The first kappa shape index (κ1) is 15.0. The maximum atomic E-state index is 6.94. The Balaban J connectivity index is 0.00000225. The van der Waals surface area contributed by atoms with Crippen LogP contribution >= 0.6 is 35.6 Å². The van der Waals surface area contributed by atoms with Crippen molar-refractivity contribution in [2.24, 2.45) is 10.8 Å². The van der Waals surface area contributed by atoms with Crippen molar-refractivity contribution in [2.75, 3.05) is 0 Å². The Bertz CT molecular complexity index is 417. The van der Waals surface area contributed by atoms with Crippen molar-refractivity contribution in [2.45, 2.75) is 6.92 Å². The molecule has 0 unspecified atom stereocenters. The van der Waals surface area contributed by atoms with Gasteiger partial charge in [-0.2, -0.15) is 5.10 Å². The second kappa shape index (κ2) is 6.58. The van der Waals surface area contributed by atoms with E-state index in [0.717, 1.165) is 5.56 Å². The number of hydrogen-bond donors (Lipinski definition) is 3. The third kappa shape index (κ3) is 4.26. The summed E-state index contributed by atoms with van der Waals surface area (Å²) >= 11 is 11.6. The molecule has 88 valence electrons. The van der Waals surface area contributed by atoms with E-state index in [4.69, 9.17) is 34.3 Å². The molecule has 16 heavy (non-hydrogen) atoms. The van der Waals surface area contributed by atoms with Gasteiger partial charge in [0.2, 0.25) is 5.96 Å². The molecule has 0 radical (unpaired) electrons. The Kier molecular flexibility index (Phi) is 6.18. The van der Waals surface area contributed by atoms with Crippen LogP contribution < -0.4 is 11.2 Å². The average Bonchev–Trinajstić information content (AvgIpc) is 2.18. The van der Waals surface area contributed by atoms with Crippen LogP contribution in [-0.4, -0.2) is 11.7 Å². The summed E-state index contributed by atoms with van der Waals surface area (Å²) in [5.74, 6) is -0.214. The molecule has 1 rings (SSSR count). The summed E-state index contributed by atoms with van der Waals surface area (Å²) in [4.78, 5) is 0. The lowest BCUT2D eigenvalue weighted by molar-refractivity contribution is 0.992. The van der Waals surface area contributed by atoms with E-state index in [9.17, 15) is 0 Å². The molecule has 0 saturated heterocycles. The smallest absolute Gasteiger partial charge is 0.206 e. The second-order valence-corrected chi connectivity index (χ2v) is 3.67. The predicted octanol–water partition coefficient (Wildman–Crippen LogP) is 2.62.